The lowest BCUT2D eigenvalue weighted by Crippen LogP contribution is -2.24. The Morgan fingerprint density at radius 2 is 2.39 bits per heavy atom. The molecule has 1 aliphatic rings. The number of halogens is 1. The van der Waals surface area contributed by atoms with Gasteiger partial charge in [-0.2, -0.15) is 0 Å². The minimum absolute atomic E-state index is 0.430. The van der Waals surface area contributed by atoms with Gasteiger partial charge in [-0.1, -0.05) is 17.7 Å². The molecule has 3 rings (SSSR count). The molecule has 0 spiro atoms. The van der Waals surface area contributed by atoms with Crippen LogP contribution < -0.4 is 5.32 Å². The van der Waals surface area contributed by atoms with E-state index in [-0.39, 0.29) is 0 Å². The summed E-state index contributed by atoms with van der Waals surface area (Å²) >= 11 is 7.84. The average molecular weight is 279 g/mol. The zero-order valence-corrected chi connectivity index (χ0v) is 11.6. The molecular formula is C14H15ClN2S. The first kappa shape index (κ1) is 12.2. The summed E-state index contributed by atoms with van der Waals surface area (Å²) in [5.74, 6) is 0. The quantitative estimate of drug-likeness (QED) is 0.919. The van der Waals surface area contributed by atoms with E-state index in [1.165, 1.54) is 29.7 Å². The fourth-order valence-electron chi connectivity index (χ4n) is 2.46. The highest BCUT2D eigenvalue weighted by molar-refractivity contribution is 7.16. The lowest BCUT2D eigenvalue weighted by molar-refractivity contribution is 0.460. The number of pyridine rings is 1. The third-order valence-electron chi connectivity index (χ3n) is 3.34. The Kier molecular flexibility index (Phi) is 3.64. The summed E-state index contributed by atoms with van der Waals surface area (Å²) in [5.41, 5.74) is 2.48. The lowest BCUT2D eigenvalue weighted by atomic mass is 9.94. The van der Waals surface area contributed by atoms with E-state index < -0.39 is 0 Å². The zero-order valence-electron chi connectivity index (χ0n) is 10.0. The van der Waals surface area contributed by atoms with E-state index >= 15 is 0 Å². The topological polar surface area (TPSA) is 24.9 Å². The lowest BCUT2D eigenvalue weighted by Gasteiger charge is -2.23. The molecular weight excluding hydrogens is 264 g/mol. The number of aromatic nitrogens is 1. The number of nitrogens with one attached hydrogen (secondary N) is 1. The Morgan fingerprint density at radius 3 is 3.22 bits per heavy atom. The van der Waals surface area contributed by atoms with Gasteiger partial charge >= 0.3 is 0 Å². The largest absolute Gasteiger partial charge is 0.304 e. The van der Waals surface area contributed by atoms with E-state index in [1.807, 2.05) is 18.3 Å². The summed E-state index contributed by atoms with van der Waals surface area (Å²) in [7, 11) is 0. The molecule has 1 aliphatic carbocycles. The standard InChI is InChI=1S/C14H15ClN2S/c15-14-8-11-12(5-3-6-13(11)18-14)17-9-10-4-1-2-7-16-10/h1-2,4,7-8,12,17H,3,5-6,9H2. The maximum atomic E-state index is 6.11. The van der Waals surface area contributed by atoms with Crippen LogP contribution in [0.15, 0.2) is 30.5 Å². The molecule has 0 aromatic carbocycles. The summed E-state index contributed by atoms with van der Waals surface area (Å²) in [4.78, 5) is 5.79. The highest BCUT2D eigenvalue weighted by atomic mass is 35.5. The third kappa shape index (κ3) is 2.58. The molecule has 4 heteroatoms. The Labute approximate surface area is 116 Å². The van der Waals surface area contributed by atoms with E-state index in [1.54, 1.807) is 11.3 Å². The summed E-state index contributed by atoms with van der Waals surface area (Å²) in [6.07, 6.45) is 5.44. The molecule has 94 valence electrons. The Bertz CT molecular complexity index is 524. The van der Waals surface area contributed by atoms with Crippen LogP contribution in [0.3, 0.4) is 0 Å². The molecule has 1 N–H and O–H groups in total. The maximum absolute atomic E-state index is 6.11. The molecule has 0 amide bonds. The fraction of sp³-hybridized carbons (Fsp3) is 0.357. The summed E-state index contributed by atoms with van der Waals surface area (Å²) in [6, 6.07) is 8.58. The molecule has 0 bridgehead atoms. The maximum Gasteiger partial charge on any atom is 0.0934 e. The summed E-state index contributed by atoms with van der Waals surface area (Å²) in [6.45, 7) is 0.818. The minimum Gasteiger partial charge on any atom is -0.304 e. The van der Waals surface area contributed by atoms with Crippen molar-refractivity contribution in [3.63, 3.8) is 0 Å². The van der Waals surface area contributed by atoms with Crippen LogP contribution in [0.2, 0.25) is 4.34 Å². The van der Waals surface area contributed by atoms with E-state index in [4.69, 9.17) is 11.6 Å². The molecule has 0 saturated heterocycles. The van der Waals surface area contributed by atoms with Gasteiger partial charge in [0.25, 0.3) is 0 Å². The van der Waals surface area contributed by atoms with Gasteiger partial charge in [0.15, 0.2) is 0 Å². The van der Waals surface area contributed by atoms with Gasteiger partial charge in [-0.15, -0.1) is 11.3 Å². The molecule has 2 nitrogen and oxygen atoms in total. The molecule has 1 atom stereocenters. The second-order valence-corrected chi connectivity index (χ2v) is 6.34. The highest BCUT2D eigenvalue weighted by Crippen LogP contribution is 2.37. The first-order valence-electron chi connectivity index (χ1n) is 6.24. The number of hydrogen-bond acceptors (Lipinski definition) is 3. The smallest absolute Gasteiger partial charge is 0.0934 e. The van der Waals surface area contributed by atoms with E-state index in [0.29, 0.717) is 6.04 Å². The summed E-state index contributed by atoms with van der Waals surface area (Å²) < 4.78 is 0.909. The van der Waals surface area contributed by atoms with Gasteiger partial charge in [-0.3, -0.25) is 4.98 Å². The van der Waals surface area contributed by atoms with E-state index in [2.05, 4.69) is 22.4 Å². The minimum atomic E-state index is 0.430. The van der Waals surface area contributed by atoms with Gasteiger partial charge in [0.2, 0.25) is 0 Å². The van der Waals surface area contributed by atoms with Crippen molar-refractivity contribution in [1.29, 1.82) is 0 Å². The van der Waals surface area contributed by atoms with Crippen molar-refractivity contribution in [2.24, 2.45) is 0 Å². The van der Waals surface area contributed by atoms with E-state index in [0.717, 1.165) is 16.6 Å². The van der Waals surface area contributed by atoms with Crippen molar-refractivity contribution in [3.8, 4) is 0 Å². The highest BCUT2D eigenvalue weighted by Gasteiger charge is 2.22. The number of nitrogens with zero attached hydrogens (tertiary/aromatic N) is 1. The average Bonchev–Trinajstić information content (AvgIpc) is 2.78. The van der Waals surface area contributed by atoms with Crippen LogP contribution in [0.1, 0.15) is 35.0 Å². The molecule has 2 aromatic heterocycles. The molecule has 2 aromatic rings. The van der Waals surface area contributed by atoms with Crippen molar-refractivity contribution in [3.05, 3.63) is 50.9 Å². The molecule has 0 aliphatic heterocycles. The normalized spacial score (nSPS) is 18.6. The van der Waals surface area contributed by atoms with Crippen LogP contribution in [-0.4, -0.2) is 4.98 Å². The van der Waals surface area contributed by atoms with Crippen LogP contribution in [0.5, 0.6) is 0 Å². The van der Waals surface area contributed by atoms with Gasteiger partial charge in [-0.25, -0.2) is 0 Å². The number of rotatable bonds is 3. The number of thiophene rings is 1. The second-order valence-electron chi connectivity index (χ2n) is 4.58. The Balaban J connectivity index is 1.71. The Hall–Kier alpha value is -0.900. The van der Waals surface area contributed by atoms with Gasteiger partial charge in [0.05, 0.1) is 10.0 Å². The van der Waals surface area contributed by atoms with Gasteiger partial charge < -0.3 is 5.32 Å². The summed E-state index contributed by atoms with van der Waals surface area (Å²) in [5, 5.41) is 3.59. The first-order chi connectivity index (χ1) is 8.83. The van der Waals surface area contributed by atoms with Crippen molar-refractivity contribution >= 4 is 22.9 Å². The fourth-order valence-corrected chi connectivity index (χ4v) is 3.85. The molecule has 0 saturated carbocycles. The third-order valence-corrected chi connectivity index (χ3v) is 4.68. The predicted octanol–water partition coefficient (Wildman–Crippen LogP) is 3.96. The molecule has 2 heterocycles. The van der Waals surface area contributed by atoms with Crippen molar-refractivity contribution in [1.82, 2.24) is 10.3 Å². The van der Waals surface area contributed by atoms with Crippen molar-refractivity contribution in [2.45, 2.75) is 31.8 Å². The molecule has 18 heavy (non-hydrogen) atoms. The molecule has 0 fully saturated rings. The SMILES string of the molecule is Clc1cc2c(s1)CCCC2NCc1ccccn1. The molecule has 1 unspecified atom stereocenters. The number of hydrogen-bond donors (Lipinski definition) is 1. The zero-order chi connectivity index (χ0) is 12.4. The monoisotopic (exact) mass is 278 g/mol. The van der Waals surface area contributed by atoms with Gasteiger partial charge in [0.1, 0.15) is 0 Å². The Morgan fingerprint density at radius 1 is 1.44 bits per heavy atom. The first-order valence-corrected chi connectivity index (χ1v) is 7.44. The van der Waals surface area contributed by atoms with Crippen LogP contribution in [0, 0.1) is 0 Å². The van der Waals surface area contributed by atoms with Crippen LogP contribution in [0.4, 0.5) is 0 Å². The van der Waals surface area contributed by atoms with Crippen LogP contribution >= 0.6 is 22.9 Å². The van der Waals surface area contributed by atoms with E-state index in [9.17, 15) is 0 Å². The molecule has 0 radical (unpaired) electrons. The van der Waals surface area contributed by atoms with Crippen LogP contribution in [0.25, 0.3) is 0 Å². The van der Waals surface area contributed by atoms with Crippen LogP contribution in [-0.2, 0) is 13.0 Å². The number of fused-ring (bicyclic) bond motifs is 1. The van der Waals surface area contributed by atoms with Gasteiger partial charge in [0, 0.05) is 23.7 Å². The second kappa shape index (κ2) is 5.39. The predicted molar refractivity (Wildman–Crippen MR) is 76.1 cm³/mol. The van der Waals surface area contributed by atoms with Crippen molar-refractivity contribution < 1.29 is 0 Å². The van der Waals surface area contributed by atoms with Crippen molar-refractivity contribution in [2.75, 3.05) is 0 Å². The van der Waals surface area contributed by atoms with Gasteiger partial charge in [-0.05, 0) is 43.0 Å². The number of aryl methyl sites for hydroxylation is 1.